The van der Waals surface area contributed by atoms with Crippen LogP contribution in [-0.4, -0.2) is 42.4 Å². The lowest BCUT2D eigenvalue weighted by Crippen LogP contribution is -2.46. The molecule has 0 saturated heterocycles. The van der Waals surface area contributed by atoms with Gasteiger partial charge in [0.2, 0.25) is 5.91 Å². The smallest absolute Gasteiger partial charge is 0.393 e. The minimum Gasteiger partial charge on any atom is -0.393 e. The third kappa shape index (κ3) is 6.77. The van der Waals surface area contributed by atoms with Crippen LogP contribution in [-0.2, 0) is 4.79 Å². The van der Waals surface area contributed by atoms with Gasteiger partial charge in [0, 0.05) is 0 Å². The average molecular weight is 282 g/mol. The fraction of sp³-hybridized carbons (Fsp3) is 0.917. The van der Waals surface area contributed by atoms with Crippen molar-refractivity contribution in [2.24, 2.45) is 5.92 Å². The zero-order valence-electron chi connectivity index (χ0n) is 11.0. The predicted molar refractivity (Wildman–Crippen MR) is 64.5 cm³/mol. The zero-order chi connectivity index (χ0) is 14.5. The Hall–Kier alpha value is -0.820. The molecule has 0 radical (unpaired) electrons. The predicted octanol–water partition coefficient (Wildman–Crippen LogP) is 1.19. The van der Waals surface area contributed by atoms with E-state index in [1.54, 1.807) is 0 Å². The molecule has 0 spiro atoms. The minimum atomic E-state index is -4.39. The van der Waals surface area contributed by atoms with E-state index in [-0.39, 0.29) is 12.0 Å². The normalized spacial score (nSPS) is 25.9. The van der Waals surface area contributed by atoms with Crippen molar-refractivity contribution >= 4 is 5.91 Å². The number of aliphatic hydroxyl groups is 1. The summed E-state index contributed by atoms with van der Waals surface area (Å²) in [5, 5.41) is 14.3. The Morgan fingerprint density at radius 3 is 2.68 bits per heavy atom. The lowest BCUT2D eigenvalue weighted by Gasteiger charge is -2.27. The maximum absolute atomic E-state index is 11.9. The van der Waals surface area contributed by atoms with Crippen LogP contribution in [0, 0.1) is 5.92 Å². The van der Waals surface area contributed by atoms with Crippen LogP contribution in [0.3, 0.4) is 0 Å². The molecule has 0 aromatic rings. The number of nitrogens with one attached hydrogen (secondary N) is 2. The second-order valence-corrected chi connectivity index (χ2v) is 5.15. The number of amides is 1. The van der Waals surface area contributed by atoms with Gasteiger partial charge in [0.1, 0.15) is 6.54 Å². The Morgan fingerprint density at radius 1 is 1.42 bits per heavy atom. The molecule has 4 nitrogen and oxygen atoms in total. The van der Waals surface area contributed by atoms with E-state index in [4.69, 9.17) is 0 Å². The van der Waals surface area contributed by atoms with E-state index in [2.05, 4.69) is 5.32 Å². The highest BCUT2D eigenvalue weighted by Crippen LogP contribution is 2.23. The summed E-state index contributed by atoms with van der Waals surface area (Å²) < 4.78 is 35.8. The van der Waals surface area contributed by atoms with Crippen molar-refractivity contribution < 1.29 is 23.1 Å². The molecule has 112 valence electrons. The number of halogens is 3. The second kappa shape index (κ2) is 7.09. The first kappa shape index (κ1) is 16.2. The van der Waals surface area contributed by atoms with Gasteiger partial charge in [-0.25, -0.2) is 0 Å². The van der Waals surface area contributed by atoms with Crippen LogP contribution in [0.25, 0.3) is 0 Å². The molecule has 0 aromatic heterocycles. The Labute approximate surface area is 110 Å². The van der Waals surface area contributed by atoms with Crippen LogP contribution < -0.4 is 10.6 Å². The lowest BCUT2D eigenvalue weighted by molar-refractivity contribution is -0.139. The third-order valence-corrected chi connectivity index (χ3v) is 3.32. The highest BCUT2D eigenvalue weighted by Gasteiger charge is 2.29. The van der Waals surface area contributed by atoms with Crippen LogP contribution in [0.2, 0.25) is 0 Å². The van der Waals surface area contributed by atoms with Crippen molar-refractivity contribution in [2.45, 2.75) is 50.9 Å². The first-order valence-electron chi connectivity index (χ1n) is 6.54. The molecule has 1 aliphatic rings. The van der Waals surface area contributed by atoms with Crippen LogP contribution in [0.5, 0.6) is 0 Å². The number of alkyl halides is 3. The molecule has 1 rings (SSSR count). The highest BCUT2D eigenvalue weighted by molar-refractivity contribution is 5.81. The molecule has 19 heavy (non-hydrogen) atoms. The number of carbonyl (C=O) groups excluding carboxylic acids is 1. The maximum Gasteiger partial charge on any atom is 0.405 e. The van der Waals surface area contributed by atoms with E-state index in [9.17, 15) is 23.1 Å². The van der Waals surface area contributed by atoms with Gasteiger partial charge in [0.05, 0.1) is 12.1 Å². The molecule has 0 aliphatic heterocycles. The van der Waals surface area contributed by atoms with Crippen molar-refractivity contribution in [1.29, 1.82) is 0 Å². The van der Waals surface area contributed by atoms with Crippen LogP contribution in [0.4, 0.5) is 13.2 Å². The SMILES string of the molecule is CC(NCC1CCCC(O)C1)C(=O)NCC(F)(F)F. The molecule has 3 N–H and O–H groups in total. The molecular formula is C12H21F3N2O2. The van der Waals surface area contributed by atoms with Crippen LogP contribution >= 0.6 is 0 Å². The van der Waals surface area contributed by atoms with E-state index in [0.717, 1.165) is 19.3 Å². The van der Waals surface area contributed by atoms with Gasteiger partial charge in [0.25, 0.3) is 0 Å². The van der Waals surface area contributed by atoms with Gasteiger partial charge in [-0.3, -0.25) is 4.79 Å². The molecule has 3 unspecified atom stereocenters. The quantitative estimate of drug-likeness (QED) is 0.710. The average Bonchev–Trinajstić information content (AvgIpc) is 2.32. The maximum atomic E-state index is 11.9. The summed E-state index contributed by atoms with van der Waals surface area (Å²) in [6, 6.07) is -0.665. The van der Waals surface area contributed by atoms with Crippen LogP contribution in [0.1, 0.15) is 32.6 Å². The summed E-state index contributed by atoms with van der Waals surface area (Å²) in [5.41, 5.74) is 0. The fourth-order valence-electron chi connectivity index (χ4n) is 2.22. The van der Waals surface area contributed by atoms with Crippen LogP contribution in [0.15, 0.2) is 0 Å². The monoisotopic (exact) mass is 282 g/mol. The largest absolute Gasteiger partial charge is 0.405 e. The van der Waals surface area contributed by atoms with E-state index < -0.39 is 24.7 Å². The summed E-state index contributed by atoms with van der Waals surface area (Å²) in [5.74, 6) is -0.379. The van der Waals surface area contributed by atoms with E-state index in [1.807, 2.05) is 5.32 Å². The van der Waals surface area contributed by atoms with Gasteiger partial charge < -0.3 is 15.7 Å². The summed E-state index contributed by atoms with van der Waals surface area (Å²) in [6.07, 6.45) is -1.27. The lowest BCUT2D eigenvalue weighted by atomic mass is 9.87. The van der Waals surface area contributed by atoms with E-state index in [0.29, 0.717) is 13.0 Å². The van der Waals surface area contributed by atoms with Gasteiger partial charge in [-0.05, 0) is 38.6 Å². The van der Waals surface area contributed by atoms with Gasteiger partial charge >= 0.3 is 6.18 Å². The molecule has 1 aliphatic carbocycles. The van der Waals surface area contributed by atoms with Crippen molar-refractivity contribution in [1.82, 2.24) is 10.6 Å². The van der Waals surface area contributed by atoms with Crippen molar-refractivity contribution in [2.75, 3.05) is 13.1 Å². The molecule has 0 heterocycles. The Morgan fingerprint density at radius 2 is 2.11 bits per heavy atom. The Balaban J connectivity index is 2.22. The number of hydrogen-bond acceptors (Lipinski definition) is 3. The molecule has 3 atom stereocenters. The second-order valence-electron chi connectivity index (χ2n) is 5.15. The number of rotatable bonds is 5. The third-order valence-electron chi connectivity index (χ3n) is 3.32. The van der Waals surface area contributed by atoms with E-state index >= 15 is 0 Å². The summed E-state index contributed by atoms with van der Waals surface area (Å²) in [7, 11) is 0. The van der Waals surface area contributed by atoms with Gasteiger partial charge in [-0.2, -0.15) is 13.2 Å². The fourth-order valence-corrected chi connectivity index (χ4v) is 2.22. The molecule has 1 amide bonds. The summed E-state index contributed by atoms with van der Waals surface area (Å²) >= 11 is 0. The topological polar surface area (TPSA) is 61.4 Å². The number of carbonyl (C=O) groups is 1. The summed E-state index contributed by atoms with van der Waals surface area (Å²) in [4.78, 5) is 11.4. The Kier molecular flexibility index (Phi) is 6.06. The number of hydrogen-bond donors (Lipinski definition) is 3. The highest BCUT2D eigenvalue weighted by atomic mass is 19.4. The van der Waals surface area contributed by atoms with Gasteiger partial charge in [-0.1, -0.05) is 6.42 Å². The van der Waals surface area contributed by atoms with E-state index in [1.165, 1.54) is 6.92 Å². The van der Waals surface area contributed by atoms with Gasteiger partial charge in [-0.15, -0.1) is 0 Å². The molecule has 1 saturated carbocycles. The standard InChI is InChI=1S/C12H21F3N2O2/c1-8(11(19)17-7-12(13,14)15)16-6-9-3-2-4-10(18)5-9/h8-10,16,18H,2-7H2,1H3,(H,17,19). The van der Waals surface area contributed by atoms with Gasteiger partial charge in [0.15, 0.2) is 0 Å². The van der Waals surface area contributed by atoms with Crippen molar-refractivity contribution in [3.8, 4) is 0 Å². The first-order valence-corrected chi connectivity index (χ1v) is 6.54. The van der Waals surface area contributed by atoms with Crippen molar-refractivity contribution in [3.05, 3.63) is 0 Å². The molecular weight excluding hydrogens is 261 g/mol. The first-order chi connectivity index (χ1) is 8.78. The molecule has 7 heteroatoms. The number of aliphatic hydroxyl groups excluding tert-OH is 1. The minimum absolute atomic E-state index is 0.279. The van der Waals surface area contributed by atoms with Crippen molar-refractivity contribution in [3.63, 3.8) is 0 Å². The Bertz CT molecular complexity index is 297. The molecule has 1 fully saturated rings. The molecule has 0 aromatic carbocycles. The zero-order valence-corrected chi connectivity index (χ0v) is 11.0. The molecule has 0 bridgehead atoms. The summed E-state index contributed by atoms with van der Waals surface area (Å²) in [6.45, 7) is 0.766.